The van der Waals surface area contributed by atoms with E-state index in [0.717, 1.165) is 0 Å². The molecular formula is C31H49NO10. The maximum absolute atomic E-state index is 12.7. The molecule has 0 aliphatic rings. The summed E-state index contributed by atoms with van der Waals surface area (Å²) in [5.41, 5.74) is 5.95. The molecule has 0 aromatic heterocycles. The first kappa shape index (κ1) is 36.7. The van der Waals surface area contributed by atoms with E-state index in [1.54, 1.807) is 47.6 Å². The Bertz CT molecular complexity index is 1070. The van der Waals surface area contributed by atoms with Crippen molar-refractivity contribution in [3.8, 4) is 11.5 Å². The highest BCUT2D eigenvalue weighted by Gasteiger charge is 2.31. The van der Waals surface area contributed by atoms with E-state index in [-0.39, 0.29) is 35.7 Å². The van der Waals surface area contributed by atoms with Crippen molar-refractivity contribution >= 4 is 24.2 Å². The second kappa shape index (κ2) is 16.3. The van der Waals surface area contributed by atoms with E-state index in [2.05, 4.69) is 0 Å². The topological polar surface area (TPSA) is 150 Å². The third kappa shape index (κ3) is 11.9. The SMILES string of the molecule is CCC(C)(C)C(=O)O[C@@H](C)[C@H](C)OC(=O)[C@@H](N)Cc1ccc(OC(=O)OC(C)C(C)C)c(OC(=O)OC(C)C(C)C)c1. The molecule has 238 valence electrons. The predicted molar refractivity (Wildman–Crippen MR) is 156 cm³/mol. The lowest BCUT2D eigenvalue weighted by Gasteiger charge is -2.27. The monoisotopic (exact) mass is 595 g/mol. The van der Waals surface area contributed by atoms with Gasteiger partial charge < -0.3 is 34.2 Å². The van der Waals surface area contributed by atoms with E-state index >= 15 is 0 Å². The Morgan fingerprint density at radius 3 is 1.67 bits per heavy atom. The lowest BCUT2D eigenvalue weighted by atomic mass is 9.90. The molecule has 0 radical (unpaired) electrons. The number of hydrogen-bond acceptors (Lipinski definition) is 11. The Kier molecular flexibility index (Phi) is 14.3. The summed E-state index contributed by atoms with van der Waals surface area (Å²) in [4.78, 5) is 49.9. The number of esters is 2. The summed E-state index contributed by atoms with van der Waals surface area (Å²) in [6.07, 6.45) is -3.63. The van der Waals surface area contributed by atoms with Crippen LogP contribution in [-0.4, -0.2) is 54.7 Å². The summed E-state index contributed by atoms with van der Waals surface area (Å²) >= 11 is 0. The molecule has 0 fully saturated rings. The van der Waals surface area contributed by atoms with Gasteiger partial charge in [-0.15, -0.1) is 0 Å². The second-order valence-electron chi connectivity index (χ2n) is 11.9. The fraction of sp³-hybridized carbons (Fsp3) is 0.677. The minimum absolute atomic E-state index is 0.00546. The van der Waals surface area contributed by atoms with Gasteiger partial charge in [0.15, 0.2) is 11.5 Å². The number of hydrogen-bond donors (Lipinski definition) is 1. The summed E-state index contributed by atoms with van der Waals surface area (Å²) in [6, 6.07) is 3.30. The molecule has 2 N–H and O–H groups in total. The Morgan fingerprint density at radius 1 is 0.714 bits per heavy atom. The first-order valence-electron chi connectivity index (χ1n) is 14.4. The van der Waals surface area contributed by atoms with Gasteiger partial charge in [0.25, 0.3) is 0 Å². The summed E-state index contributed by atoms with van der Waals surface area (Å²) < 4.78 is 32.2. The molecule has 11 heteroatoms. The first-order valence-corrected chi connectivity index (χ1v) is 14.4. The zero-order chi connectivity index (χ0) is 32.4. The zero-order valence-electron chi connectivity index (χ0n) is 26.8. The molecule has 42 heavy (non-hydrogen) atoms. The van der Waals surface area contributed by atoms with Crippen LogP contribution in [0.15, 0.2) is 18.2 Å². The molecule has 2 unspecified atom stereocenters. The van der Waals surface area contributed by atoms with E-state index in [4.69, 9.17) is 34.2 Å². The van der Waals surface area contributed by atoms with E-state index in [0.29, 0.717) is 12.0 Å². The van der Waals surface area contributed by atoms with E-state index in [1.165, 1.54) is 12.1 Å². The lowest BCUT2D eigenvalue weighted by Crippen LogP contribution is -2.40. The molecule has 0 amide bonds. The van der Waals surface area contributed by atoms with Crippen LogP contribution in [0.25, 0.3) is 0 Å². The quantitative estimate of drug-likeness (QED) is 0.154. The molecule has 1 aromatic carbocycles. The van der Waals surface area contributed by atoms with Gasteiger partial charge in [0.05, 0.1) is 5.41 Å². The fourth-order valence-electron chi connectivity index (χ4n) is 2.92. The van der Waals surface area contributed by atoms with Crippen molar-refractivity contribution in [1.29, 1.82) is 0 Å². The molecule has 0 aliphatic carbocycles. The van der Waals surface area contributed by atoms with Crippen LogP contribution in [-0.2, 0) is 35.0 Å². The molecular weight excluding hydrogens is 546 g/mol. The number of carbonyl (C=O) groups excluding carboxylic acids is 4. The third-order valence-corrected chi connectivity index (χ3v) is 7.29. The van der Waals surface area contributed by atoms with Gasteiger partial charge in [0.2, 0.25) is 0 Å². The van der Waals surface area contributed by atoms with Crippen molar-refractivity contribution < 1.29 is 47.6 Å². The van der Waals surface area contributed by atoms with E-state index < -0.39 is 54.2 Å². The van der Waals surface area contributed by atoms with Crippen LogP contribution in [0.3, 0.4) is 0 Å². The average Bonchev–Trinajstić information content (AvgIpc) is 2.89. The van der Waals surface area contributed by atoms with Crippen LogP contribution >= 0.6 is 0 Å². The zero-order valence-corrected chi connectivity index (χ0v) is 26.8. The van der Waals surface area contributed by atoms with Crippen molar-refractivity contribution in [2.75, 3.05) is 0 Å². The Balaban J connectivity index is 3.03. The minimum atomic E-state index is -1.09. The molecule has 1 rings (SSSR count). The number of benzene rings is 1. The number of rotatable bonds is 14. The summed E-state index contributed by atoms with van der Waals surface area (Å²) in [6.45, 7) is 19.7. The minimum Gasteiger partial charge on any atom is -0.458 e. The Hall–Kier alpha value is -3.34. The van der Waals surface area contributed by atoms with Crippen molar-refractivity contribution in [3.63, 3.8) is 0 Å². The Morgan fingerprint density at radius 2 is 1.19 bits per heavy atom. The van der Waals surface area contributed by atoms with Crippen LogP contribution in [0.5, 0.6) is 11.5 Å². The van der Waals surface area contributed by atoms with Gasteiger partial charge in [-0.05, 0) is 83.9 Å². The average molecular weight is 596 g/mol. The molecule has 11 nitrogen and oxygen atoms in total. The normalized spacial score (nSPS) is 15.2. The van der Waals surface area contributed by atoms with Gasteiger partial charge in [-0.1, -0.05) is 40.7 Å². The van der Waals surface area contributed by atoms with Gasteiger partial charge in [-0.25, -0.2) is 9.59 Å². The van der Waals surface area contributed by atoms with Crippen molar-refractivity contribution in [3.05, 3.63) is 23.8 Å². The molecule has 0 bridgehead atoms. The molecule has 0 spiro atoms. The lowest BCUT2D eigenvalue weighted by molar-refractivity contribution is -0.172. The van der Waals surface area contributed by atoms with Crippen molar-refractivity contribution in [2.24, 2.45) is 23.0 Å². The van der Waals surface area contributed by atoms with Crippen LogP contribution in [0.1, 0.15) is 88.1 Å². The fourth-order valence-corrected chi connectivity index (χ4v) is 2.92. The maximum atomic E-state index is 12.7. The summed E-state index contributed by atoms with van der Waals surface area (Å²) in [5.74, 6) is -1.18. The van der Waals surface area contributed by atoms with Crippen LogP contribution in [0.4, 0.5) is 9.59 Å². The van der Waals surface area contributed by atoms with Crippen LogP contribution in [0.2, 0.25) is 0 Å². The number of carbonyl (C=O) groups is 4. The predicted octanol–water partition coefficient (Wildman–Crippen LogP) is 5.98. The van der Waals surface area contributed by atoms with E-state index in [1.807, 2.05) is 34.6 Å². The highest BCUT2D eigenvalue weighted by Crippen LogP contribution is 2.30. The van der Waals surface area contributed by atoms with Gasteiger partial charge in [0, 0.05) is 0 Å². The van der Waals surface area contributed by atoms with Crippen molar-refractivity contribution in [1.82, 2.24) is 0 Å². The molecule has 0 saturated carbocycles. The van der Waals surface area contributed by atoms with Gasteiger partial charge in [-0.2, -0.15) is 0 Å². The van der Waals surface area contributed by atoms with E-state index in [9.17, 15) is 19.2 Å². The standard InChI is InChI=1S/C31H49NO10/c1-12-31(10,11)28(34)38-22(9)21(8)37-27(33)24(32)15-23-13-14-25(41-29(35)39-19(6)17(2)3)26(16-23)42-30(36)40-20(7)18(4)5/h13-14,16-22,24H,12,15,32H2,1-11H3/t19?,20?,21-,22-,24-/m0/s1. The van der Waals surface area contributed by atoms with Crippen molar-refractivity contribution in [2.45, 2.75) is 119 Å². The molecule has 0 aliphatic heterocycles. The highest BCUT2D eigenvalue weighted by atomic mass is 16.8. The maximum Gasteiger partial charge on any atom is 0.514 e. The first-order chi connectivity index (χ1) is 19.4. The second-order valence-corrected chi connectivity index (χ2v) is 11.9. The largest absolute Gasteiger partial charge is 0.514 e. The number of ether oxygens (including phenoxy) is 6. The van der Waals surface area contributed by atoms with Crippen LogP contribution < -0.4 is 15.2 Å². The smallest absolute Gasteiger partial charge is 0.458 e. The summed E-state index contributed by atoms with van der Waals surface area (Å²) in [5, 5.41) is 0. The third-order valence-electron chi connectivity index (χ3n) is 7.29. The molecule has 0 heterocycles. The molecule has 1 aromatic rings. The van der Waals surface area contributed by atoms with Crippen LogP contribution in [0, 0.1) is 17.3 Å². The van der Waals surface area contributed by atoms with Gasteiger partial charge in [-0.3, -0.25) is 9.59 Å². The number of nitrogens with two attached hydrogens (primary N) is 1. The Labute approximate surface area is 249 Å². The molecule has 5 atom stereocenters. The van der Waals surface area contributed by atoms with Gasteiger partial charge in [0.1, 0.15) is 30.5 Å². The highest BCUT2D eigenvalue weighted by molar-refractivity contribution is 5.77. The summed E-state index contributed by atoms with van der Waals surface area (Å²) in [7, 11) is 0. The van der Waals surface area contributed by atoms with Gasteiger partial charge >= 0.3 is 24.2 Å². The molecule has 0 saturated heterocycles.